The van der Waals surface area contributed by atoms with Gasteiger partial charge in [-0.05, 0) is 46.3 Å². The Morgan fingerprint density at radius 3 is 2.60 bits per heavy atom. The lowest BCUT2D eigenvalue weighted by Gasteiger charge is -2.06. The molecule has 0 unspecified atom stereocenters. The van der Waals surface area contributed by atoms with Crippen molar-refractivity contribution < 1.29 is 9.72 Å². The van der Waals surface area contributed by atoms with Crippen LogP contribution in [0.1, 0.15) is 10.4 Å². The first-order valence-corrected chi connectivity index (χ1v) is 6.37. The molecule has 3 N–H and O–H groups in total. The lowest BCUT2D eigenvalue weighted by atomic mass is 10.2. The van der Waals surface area contributed by atoms with Crippen molar-refractivity contribution in [3.63, 3.8) is 0 Å². The molecule has 0 radical (unpaired) electrons. The summed E-state index contributed by atoms with van der Waals surface area (Å²) in [6, 6.07) is 10.8. The van der Waals surface area contributed by atoms with Crippen molar-refractivity contribution in [3.05, 3.63) is 62.6 Å². The van der Waals surface area contributed by atoms with E-state index in [1.54, 1.807) is 24.3 Å². The zero-order valence-electron chi connectivity index (χ0n) is 10.2. The minimum atomic E-state index is -0.506. The number of benzene rings is 2. The van der Waals surface area contributed by atoms with Gasteiger partial charge in [0, 0.05) is 23.0 Å². The van der Waals surface area contributed by atoms with Gasteiger partial charge < -0.3 is 11.1 Å². The molecule has 0 atom stereocenters. The Hall–Kier alpha value is -2.41. The smallest absolute Gasteiger partial charge is 0.283 e. The summed E-state index contributed by atoms with van der Waals surface area (Å²) in [5.41, 5.74) is 6.90. The molecule has 0 fully saturated rings. The highest BCUT2D eigenvalue weighted by Crippen LogP contribution is 2.27. The maximum Gasteiger partial charge on any atom is 0.283 e. The second-order valence-electron chi connectivity index (χ2n) is 4.00. The van der Waals surface area contributed by atoms with Gasteiger partial charge in [0.25, 0.3) is 11.6 Å². The number of halogens is 1. The van der Waals surface area contributed by atoms with Crippen LogP contribution in [-0.4, -0.2) is 10.8 Å². The Morgan fingerprint density at radius 2 is 2.00 bits per heavy atom. The van der Waals surface area contributed by atoms with Gasteiger partial charge in [-0.25, -0.2) is 0 Å². The first-order chi connectivity index (χ1) is 9.47. The molecule has 0 saturated heterocycles. The number of hydrogen-bond acceptors (Lipinski definition) is 4. The van der Waals surface area contributed by atoms with E-state index in [2.05, 4.69) is 21.2 Å². The van der Waals surface area contributed by atoms with Crippen LogP contribution >= 0.6 is 15.9 Å². The maximum absolute atomic E-state index is 12.0. The van der Waals surface area contributed by atoms with Crippen LogP contribution in [0.2, 0.25) is 0 Å². The number of carbonyl (C=O) groups is 1. The molecule has 0 aliphatic carbocycles. The Morgan fingerprint density at radius 1 is 1.25 bits per heavy atom. The number of rotatable bonds is 3. The van der Waals surface area contributed by atoms with Gasteiger partial charge in [0.1, 0.15) is 0 Å². The van der Waals surface area contributed by atoms with Gasteiger partial charge >= 0.3 is 0 Å². The highest BCUT2D eigenvalue weighted by molar-refractivity contribution is 9.10. The Balaban J connectivity index is 2.20. The number of nitrogen functional groups attached to an aromatic ring is 1. The first kappa shape index (κ1) is 14.0. The van der Waals surface area contributed by atoms with Crippen molar-refractivity contribution in [2.75, 3.05) is 11.1 Å². The number of nitro benzene ring substituents is 1. The molecule has 102 valence electrons. The van der Waals surface area contributed by atoms with Crippen molar-refractivity contribution in [3.8, 4) is 0 Å². The quantitative estimate of drug-likeness (QED) is 0.511. The largest absolute Gasteiger partial charge is 0.399 e. The summed E-state index contributed by atoms with van der Waals surface area (Å²) in [5.74, 6) is -0.335. The number of hydrogen-bond donors (Lipinski definition) is 2. The molecule has 2 aromatic rings. The van der Waals surface area contributed by atoms with E-state index in [9.17, 15) is 14.9 Å². The van der Waals surface area contributed by atoms with Crippen molar-refractivity contribution in [1.82, 2.24) is 0 Å². The van der Waals surface area contributed by atoms with Gasteiger partial charge in [-0.1, -0.05) is 6.07 Å². The Labute approximate surface area is 122 Å². The highest BCUT2D eigenvalue weighted by Gasteiger charge is 2.13. The molecular formula is C13H10BrN3O3. The molecule has 0 heterocycles. The van der Waals surface area contributed by atoms with Crippen molar-refractivity contribution in [2.45, 2.75) is 0 Å². The number of nitrogens with two attached hydrogens (primary N) is 1. The van der Waals surface area contributed by atoms with E-state index in [0.717, 1.165) is 0 Å². The van der Waals surface area contributed by atoms with Gasteiger partial charge in [0.05, 0.1) is 9.40 Å². The fraction of sp³-hybridized carbons (Fsp3) is 0. The molecule has 2 aromatic carbocycles. The Bertz CT molecular complexity index is 688. The summed E-state index contributed by atoms with van der Waals surface area (Å²) in [4.78, 5) is 22.2. The number of nitro groups is 1. The molecule has 6 nitrogen and oxygen atoms in total. The predicted molar refractivity (Wildman–Crippen MR) is 79.6 cm³/mol. The third-order valence-electron chi connectivity index (χ3n) is 2.55. The molecular weight excluding hydrogens is 326 g/mol. The van der Waals surface area contributed by atoms with E-state index in [0.29, 0.717) is 21.4 Å². The van der Waals surface area contributed by atoms with Crippen LogP contribution in [0.15, 0.2) is 46.9 Å². The molecule has 0 bridgehead atoms. The molecule has 2 rings (SSSR count). The summed E-state index contributed by atoms with van der Waals surface area (Å²) in [7, 11) is 0. The van der Waals surface area contributed by atoms with Crippen LogP contribution in [0.5, 0.6) is 0 Å². The fourth-order valence-electron chi connectivity index (χ4n) is 1.62. The number of carbonyl (C=O) groups excluding carboxylic acids is 1. The van der Waals surface area contributed by atoms with Gasteiger partial charge in [0.15, 0.2) is 0 Å². The van der Waals surface area contributed by atoms with Gasteiger partial charge in [-0.3, -0.25) is 14.9 Å². The topological polar surface area (TPSA) is 98.3 Å². The van der Waals surface area contributed by atoms with Crippen LogP contribution in [0.4, 0.5) is 17.1 Å². The maximum atomic E-state index is 12.0. The summed E-state index contributed by atoms with van der Waals surface area (Å²) in [5, 5.41) is 13.3. The number of amides is 1. The van der Waals surface area contributed by atoms with Crippen LogP contribution in [0.3, 0.4) is 0 Å². The highest BCUT2D eigenvalue weighted by atomic mass is 79.9. The van der Waals surface area contributed by atoms with Crippen molar-refractivity contribution in [1.29, 1.82) is 0 Å². The minimum absolute atomic E-state index is 0.0630. The van der Waals surface area contributed by atoms with Crippen LogP contribution < -0.4 is 11.1 Å². The van der Waals surface area contributed by atoms with E-state index < -0.39 is 4.92 Å². The minimum Gasteiger partial charge on any atom is -0.399 e. The van der Waals surface area contributed by atoms with Crippen LogP contribution in [0.25, 0.3) is 0 Å². The third-order valence-corrected chi connectivity index (χ3v) is 3.19. The second kappa shape index (κ2) is 5.70. The molecule has 7 heteroatoms. The average molecular weight is 336 g/mol. The number of anilines is 2. The van der Waals surface area contributed by atoms with E-state index in [1.807, 2.05) is 0 Å². The molecule has 0 aliphatic heterocycles. The zero-order chi connectivity index (χ0) is 14.7. The van der Waals surface area contributed by atoms with E-state index in [-0.39, 0.29) is 11.6 Å². The number of nitrogens with one attached hydrogen (secondary N) is 1. The normalized spacial score (nSPS) is 10.1. The summed E-state index contributed by atoms with van der Waals surface area (Å²) >= 11 is 3.09. The van der Waals surface area contributed by atoms with Gasteiger partial charge in [-0.15, -0.1) is 0 Å². The average Bonchev–Trinajstić information content (AvgIpc) is 2.38. The zero-order valence-corrected chi connectivity index (χ0v) is 11.8. The van der Waals surface area contributed by atoms with E-state index in [1.165, 1.54) is 18.2 Å². The van der Waals surface area contributed by atoms with Crippen molar-refractivity contribution in [2.24, 2.45) is 0 Å². The molecule has 1 amide bonds. The summed E-state index contributed by atoms with van der Waals surface area (Å²) < 4.78 is 0.299. The second-order valence-corrected chi connectivity index (χ2v) is 4.86. The third kappa shape index (κ3) is 3.12. The lowest BCUT2D eigenvalue weighted by Crippen LogP contribution is -2.12. The van der Waals surface area contributed by atoms with Gasteiger partial charge in [0.2, 0.25) is 0 Å². The SMILES string of the molecule is Nc1cccc(C(=O)Nc2ccc([N+](=O)[O-])c(Br)c2)c1. The number of nitrogens with zero attached hydrogens (tertiary/aromatic N) is 1. The molecule has 0 aromatic heterocycles. The van der Waals surface area contributed by atoms with Crippen LogP contribution in [-0.2, 0) is 0 Å². The lowest BCUT2D eigenvalue weighted by molar-refractivity contribution is -0.385. The summed E-state index contributed by atoms with van der Waals surface area (Å²) in [6.07, 6.45) is 0. The monoisotopic (exact) mass is 335 g/mol. The molecule has 0 saturated carbocycles. The first-order valence-electron chi connectivity index (χ1n) is 5.58. The van der Waals surface area contributed by atoms with Gasteiger partial charge in [-0.2, -0.15) is 0 Å². The molecule has 0 spiro atoms. The molecule has 20 heavy (non-hydrogen) atoms. The van der Waals surface area contributed by atoms with Crippen molar-refractivity contribution >= 4 is 38.9 Å². The van der Waals surface area contributed by atoms with Crippen LogP contribution in [0, 0.1) is 10.1 Å². The Kier molecular flexibility index (Phi) is 3.99. The predicted octanol–water partition coefficient (Wildman–Crippen LogP) is 3.19. The molecule has 0 aliphatic rings. The fourth-order valence-corrected chi connectivity index (χ4v) is 2.14. The van der Waals surface area contributed by atoms with E-state index >= 15 is 0 Å². The van der Waals surface area contributed by atoms with E-state index in [4.69, 9.17) is 5.73 Å². The standard InChI is InChI=1S/C13H10BrN3O3/c14-11-7-10(4-5-12(11)17(19)20)16-13(18)8-2-1-3-9(15)6-8/h1-7H,15H2,(H,16,18). The summed E-state index contributed by atoms with van der Waals surface area (Å²) in [6.45, 7) is 0.